The lowest BCUT2D eigenvalue weighted by Gasteiger charge is -2.02. The normalized spacial score (nSPS) is 11.1. The van der Waals surface area contributed by atoms with Crippen LogP contribution in [0.15, 0.2) is 30.5 Å². The van der Waals surface area contributed by atoms with Gasteiger partial charge in [-0.05, 0) is 18.2 Å². The third kappa shape index (κ3) is 2.58. The van der Waals surface area contributed by atoms with Crippen molar-refractivity contribution in [3.63, 3.8) is 0 Å². The van der Waals surface area contributed by atoms with Gasteiger partial charge in [-0.25, -0.2) is 9.37 Å². The lowest BCUT2D eigenvalue weighted by molar-refractivity contribution is 0.629. The van der Waals surface area contributed by atoms with Gasteiger partial charge in [0, 0.05) is 38.0 Å². The highest BCUT2D eigenvalue weighted by atomic mass is 32.1. The molecular formula is C13H13FN4S. The van der Waals surface area contributed by atoms with Gasteiger partial charge in [0.2, 0.25) is 0 Å². The molecule has 3 rings (SSSR count). The number of hydrogen-bond acceptors (Lipinski definition) is 4. The number of rotatable bonds is 4. The van der Waals surface area contributed by atoms with Gasteiger partial charge in [-0.2, -0.15) is 5.10 Å². The van der Waals surface area contributed by atoms with Crippen molar-refractivity contribution < 1.29 is 4.39 Å². The Morgan fingerprint density at radius 3 is 3.05 bits per heavy atom. The van der Waals surface area contributed by atoms with E-state index in [4.69, 9.17) is 0 Å². The first-order valence-electron chi connectivity index (χ1n) is 5.99. The summed E-state index contributed by atoms with van der Waals surface area (Å²) >= 11 is 1.54. The minimum absolute atomic E-state index is 0.251. The molecule has 0 unspecified atom stereocenters. The number of aryl methyl sites for hydroxylation is 1. The predicted molar refractivity (Wildman–Crippen MR) is 75.0 cm³/mol. The Labute approximate surface area is 113 Å². The molecule has 0 radical (unpaired) electrons. The second kappa shape index (κ2) is 4.97. The molecule has 0 spiro atoms. The monoisotopic (exact) mass is 276 g/mol. The number of fused-ring (bicyclic) bond motifs is 1. The van der Waals surface area contributed by atoms with E-state index in [1.165, 1.54) is 29.2 Å². The fraction of sp³-hybridized carbons (Fsp3) is 0.231. The van der Waals surface area contributed by atoms with Gasteiger partial charge in [0.15, 0.2) is 5.13 Å². The van der Waals surface area contributed by atoms with Gasteiger partial charge < -0.3 is 5.32 Å². The Morgan fingerprint density at radius 1 is 1.37 bits per heavy atom. The molecule has 2 aromatic heterocycles. The van der Waals surface area contributed by atoms with E-state index in [1.807, 2.05) is 17.8 Å². The molecule has 0 aliphatic carbocycles. The predicted octanol–water partition coefficient (Wildman–Crippen LogP) is 2.82. The Bertz CT molecular complexity index is 704. The average molecular weight is 276 g/mol. The number of aromatic nitrogens is 3. The standard InChI is InChI=1S/C13H13FN4S/c1-18-10(5-7-16-18)4-6-15-13-17-11-8-9(14)2-3-12(11)19-13/h2-3,5,7-8H,4,6H2,1H3,(H,15,17). The van der Waals surface area contributed by atoms with Crippen molar-refractivity contribution in [3.8, 4) is 0 Å². The zero-order chi connectivity index (χ0) is 13.2. The molecule has 3 aromatic rings. The Morgan fingerprint density at radius 2 is 2.26 bits per heavy atom. The molecule has 0 amide bonds. The molecular weight excluding hydrogens is 263 g/mol. The molecule has 19 heavy (non-hydrogen) atoms. The summed E-state index contributed by atoms with van der Waals surface area (Å²) in [7, 11) is 1.93. The van der Waals surface area contributed by atoms with Gasteiger partial charge in [0.1, 0.15) is 5.82 Å². The molecule has 98 valence electrons. The van der Waals surface area contributed by atoms with Crippen molar-refractivity contribution >= 4 is 26.7 Å². The van der Waals surface area contributed by atoms with Crippen molar-refractivity contribution in [1.82, 2.24) is 14.8 Å². The van der Waals surface area contributed by atoms with Crippen LogP contribution in [0.3, 0.4) is 0 Å². The largest absolute Gasteiger partial charge is 0.361 e. The highest BCUT2D eigenvalue weighted by molar-refractivity contribution is 7.22. The zero-order valence-corrected chi connectivity index (χ0v) is 11.2. The maximum atomic E-state index is 13.1. The van der Waals surface area contributed by atoms with Crippen LogP contribution >= 0.6 is 11.3 Å². The fourth-order valence-corrected chi connectivity index (χ4v) is 2.79. The van der Waals surface area contributed by atoms with E-state index < -0.39 is 0 Å². The highest BCUT2D eigenvalue weighted by Gasteiger charge is 2.05. The zero-order valence-electron chi connectivity index (χ0n) is 10.4. The van der Waals surface area contributed by atoms with Crippen LogP contribution in [0.1, 0.15) is 5.69 Å². The molecule has 0 saturated heterocycles. The molecule has 0 aliphatic heterocycles. The van der Waals surface area contributed by atoms with E-state index in [9.17, 15) is 4.39 Å². The lowest BCUT2D eigenvalue weighted by Crippen LogP contribution is -2.07. The number of halogens is 1. The average Bonchev–Trinajstić information content (AvgIpc) is 2.95. The van der Waals surface area contributed by atoms with Crippen molar-refractivity contribution in [1.29, 1.82) is 0 Å². The van der Waals surface area contributed by atoms with Gasteiger partial charge in [0.05, 0.1) is 10.2 Å². The Balaban J connectivity index is 1.67. The Kier molecular flexibility index (Phi) is 3.16. The number of hydrogen-bond donors (Lipinski definition) is 1. The van der Waals surface area contributed by atoms with Crippen LogP contribution in [0.5, 0.6) is 0 Å². The molecule has 1 aromatic carbocycles. The van der Waals surface area contributed by atoms with Crippen LogP contribution in [0.2, 0.25) is 0 Å². The number of benzene rings is 1. The summed E-state index contributed by atoms with van der Waals surface area (Å²) in [5, 5.41) is 8.21. The minimum atomic E-state index is -0.251. The third-order valence-corrected chi connectivity index (χ3v) is 3.92. The summed E-state index contributed by atoms with van der Waals surface area (Å²) in [5.41, 5.74) is 1.87. The summed E-state index contributed by atoms with van der Waals surface area (Å²) in [6.07, 6.45) is 2.66. The van der Waals surface area contributed by atoms with Crippen molar-refractivity contribution in [3.05, 3.63) is 42.0 Å². The van der Waals surface area contributed by atoms with Gasteiger partial charge in [-0.1, -0.05) is 11.3 Å². The fourth-order valence-electron chi connectivity index (χ4n) is 1.92. The lowest BCUT2D eigenvalue weighted by atomic mass is 10.3. The topological polar surface area (TPSA) is 42.7 Å². The minimum Gasteiger partial charge on any atom is -0.361 e. The summed E-state index contributed by atoms with van der Waals surface area (Å²) in [6.45, 7) is 0.780. The van der Waals surface area contributed by atoms with Crippen LogP contribution in [0.25, 0.3) is 10.2 Å². The van der Waals surface area contributed by atoms with Crippen LogP contribution < -0.4 is 5.32 Å². The number of nitrogens with one attached hydrogen (secondary N) is 1. The highest BCUT2D eigenvalue weighted by Crippen LogP contribution is 2.26. The molecule has 0 saturated carbocycles. The first kappa shape index (κ1) is 12.1. The van der Waals surface area contributed by atoms with Crippen LogP contribution in [0, 0.1) is 5.82 Å². The SMILES string of the molecule is Cn1nccc1CCNc1nc2cc(F)ccc2s1. The van der Waals surface area contributed by atoms with E-state index in [1.54, 1.807) is 12.3 Å². The molecule has 0 bridgehead atoms. The van der Waals surface area contributed by atoms with E-state index in [0.717, 1.165) is 22.8 Å². The maximum Gasteiger partial charge on any atom is 0.183 e. The van der Waals surface area contributed by atoms with E-state index in [2.05, 4.69) is 15.4 Å². The second-order valence-electron chi connectivity index (χ2n) is 4.25. The number of anilines is 1. The van der Waals surface area contributed by atoms with E-state index in [0.29, 0.717) is 5.52 Å². The molecule has 1 N–H and O–H groups in total. The van der Waals surface area contributed by atoms with Gasteiger partial charge >= 0.3 is 0 Å². The number of nitrogens with zero attached hydrogens (tertiary/aromatic N) is 3. The summed E-state index contributed by atoms with van der Waals surface area (Å²) in [4.78, 5) is 4.36. The third-order valence-electron chi connectivity index (χ3n) is 2.93. The summed E-state index contributed by atoms with van der Waals surface area (Å²) in [5.74, 6) is -0.251. The van der Waals surface area contributed by atoms with Gasteiger partial charge in [-0.15, -0.1) is 0 Å². The molecule has 6 heteroatoms. The van der Waals surface area contributed by atoms with Crippen LogP contribution in [-0.4, -0.2) is 21.3 Å². The van der Waals surface area contributed by atoms with Gasteiger partial charge in [0.25, 0.3) is 0 Å². The molecule has 2 heterocycles. The first-order chi connectivity index (χ1) is 9.22. The van der Waals surface area contributed by atoms with E-state index >= 15 is 0 Å². The molecule has 0 fully saturated rings. The van der Waals surface area contributed by atoms with Crippen molar-refractivity contribution in [2.75, 3.05) is 11.9 Å². The summed E-state index contributed by atoms with van der Waals surface area (Å²) < 4.78 is 15.9. The van der Waals surface area contributed by atoms with Crippen molar-refractivity contribution in [2.24, 2.45) is 7.05 Å². The van der Waals surface area contributed by atoms with Gasteiger partial charge in [-0.3, -0.25) is 4.68 Å². The molecule has 4 nitrogen and oxygen atoms in total. The smallest absolute Gasteiger partial charge is 0.183 e. The molecule has 0 aliphatic rings. The Hall–Kier alpha value is -1.95. The maximum absolute atomic E-state index is 13.1. The van der Waals surface area contributed by atoms with Crippen LogP contribution in [0.4, 0.5) is 9.52 Å². The first-order valence-corrected chi connectivity index (χ1v) is 6.81. The summed E-state index contributed by atoms with van der Waals surface area (Å²) in [6, 6.07) is 6.67. The molecule has 0 atom stereocenters. The quantitative estimate of drug-likeness (QED) is 0.797. The van der Waals surface area contributed by atoms with E-state index in [-0.39, 0.29) is 5.82 Å². The second-order valence-corrected chi connectivity index (χ2v) is 5.28. The van der Waals surface area contributed by atoms with Crippen molar-refractivity contribution in [2.45, 2.75) is 6.42 Å². The van der Waals surface area contributed by atoms with Crippen LogP contribution in [-0.2, 0) is 13.5 Å². The number of thiazole rings is 1.